The maximum absolute atomic E-state index is 10.7. The fraction of sp³-hybridized carbons (Fsp3) is 0.250. The van der Waals surface area contributed by atoms with Gasteiger partial charge in [-0.05, 0) is 37.1 Å². The van der Waals surface area contributed by atoms with Crippen LogP contribution in [0.5, 0.6) is 0 Å². The average molecular weight is 256 g/mol. The van der Waals surface area contributed by atoms with Crippen LogP contribution in [0.25, 0.3) is 0 Å². The van der Waals surface area contributed by atoms with E-state index in [1.165, 1.54) is 12.1 Å². The third-order valence-electron chi connectivity index (χ3n) is 1.78. The number of benzene rings is 1. The molecule has 13 heavy (non-hydrogen) atoms. The molecule has 0 saturated carbocycles. The van der Waals surface area contributed by atoms with Crippen molar-refractivity contribution in [2.24, 2.45) is 0 Å². The summed E-state index contributed by atoms with van der Waals surface area (Å²) in [5.41, 5.74) is 1.85. The molecule has 1 N–H and O–H groups in total. The third-order valence-corrected chi connectivity index (χ3v) is 2.63. The number of aryl methyl sites for hydroxylation is 2. The molecule has 1 aromatic carbocycles. The van der Waals surface area contributed by atoms with E-state index in [9.17, 15) is 8.42 Å². The van der Waals surface area contributed by atoms with Crippen molar-refractivity contribution in [2.45, 2.75) is 18.7 Å². The molecule has 1 aromatic rings. The molecular weight excluding hydrogens is 246 g/mol. The topological polar surface area (TPSA) is 54.4 Å². The van der Waals surface area contributed by atoms with Crippen LogP contribution in [-0.4, -0.2) is 32.8 Å². The zero-order valence-electron chi connectivity index (χ0n) is 7.48. The first kappa shape index (κ1) is 12.8. The first-order valence-corrected chi connectivity index (χ1v) is 4.90. The zero-order valence-corrected chi connectivity index (χ0v) is 10.7. The molecule has 0 amide bonds. The van der Waals surface area contributed by atoms with Crippen molar-refractivity contribution >= 4 is 29.9 Å². The van der Waals surface area contributed by atoms with E-state index in [-0.39, 0.29) is 24.7 Å². The van der Waals surface area contributed by atoms with E-state index in [1.54, 1.807) is 13.0 Å². The largest absolute Gasteiger partial charge is 0.294 e. The van der Waals surface area contributed by atoms with E-state index in [0.29, 0.717) is 0 Å². The summed E-state index contributed by atoms with van der Waals surface area (Å²) in [5.74, 6) is 0. The van der Waals surface area contributed by atoms with Crippen LogP contribution >= 0.6 is 0 Å². The van der Waals surface area contributed by atoms with Gasteiger partial charge in [0.25, 0.3) is 10.1 Å². The smallest absolute Gasteiger partial charge is 0.282 e. The van der Waals surface area contributed by atoms with Crippen molar-refractivity contribution in [1.29, 1.82) is 0 Å². The molecule has 3 nitrogen and oxygen atoms in total. The van der Waals surface area contributed by atoms with Crippen LogP contribution < -0.4 is 0 Å². The molecule has 0 fully saturated rings. The second-order valence-electron chi connectivity index (χ2n) is 2.72. The molecule has 3 radical (unpaired) electrons. The van der Waals surface area contributed by atoms with Gasteiger partial charge in [0.05, 0.1) is 4.90 Å². The summed E-state index contributed by atoms with van der Waals surface area (Å²) in [6.45, 7) is 3.67. The van der Waals surface area contributed by atoms with Gasteiger partial charge in [-0.15, -0.1) is 0 Å². The summed E-state index contributed by atoms with van der Waals surface area (Å²) in [7, 11) is -4.04. The molecule has 0 aliphatic carbocycles. The van der Waals surface area contributed by atoms with Crippen molar-refractivity contribution in [3.8, 4) is 0 Å². The Bertz CT molecular complexity index is 398. The summed E-state index contributed by atoms with van der Waals surface area (Å²) in [6.07, 6.45) is 0. The van der Waals surface area contributed by atoms with Gasteiger partial charge >= 0.3 is 0 Å². The summed E-state index contributed by atoms with van der Waals surface area (Å²) in [5, 5.41) is 0. The monoisotopic (exact) mass is 255 g/mol. The Balaban J connectivity index is 0.00000144. The van der Waals surface area contributed by atoms with E-state index >= 15 is 0 Å². The minimum atomic E-state index is -4.04. The molecule has 0 aliphatic heterocycles. The summed E-state index contributed by atoms with van der Waals surface area (Å²) >= 11 is 0. The summed E-state index contributed by atoms with van der Waals surface area (Å²) in [6, 6.07) is 4.50. The molecule has 69 valence electrons. The number of rotatable bonds is 1. The Morgan fingerprint density at radius 2 is 1.69 bits per heavy atom. The fourth-order valence-electron chi connectivity index (χ4n) is 0.874. The predicted octanol–water partition coefficient (Wildman–Crippen LogP) is 1.17. The van der Waals surface area contributed by atoms with E-state index in [0.717, 1.165) is 11.1 Å². The van der Waals surface area contributed by atoms with E-state index in [2.05, 4.69) is 0 Å². The van der Waals surface area contributed by atoms with Gasteiger partial charge in [0.15, 0.2) is 0 Å². The van der Waals surface area contributed by atoms with Gasteiger partial charge < -0.3 is 0 Å². The van der Waals surface area contributed by atoms with Crippen molar-refractivity contribution in [1.82, 2.24) is 0 Å². The van der Waals surface area contributed by atoms with Crippen molar-refractivity contribution < 1.29 is 13.0 Å². The second-order valence-corrected chi connectivity index (χ2v) is 4.14. The second kappa shape index (κ2) is 4.32. The van der Waals surface area contributed by atoms with Gasteiger partial charge in [0, 0.05) is 19.8 Å². The first-order valence-electron chi connectivity index (χ1n) is 3.46. The molecule has 0 aliphatic rings. The zero-order chi connectivity index (χ0) is 9.35. The molecule has 0 spiro atoms. The molecule has 1 rings (SSSR count). The van der Waals surface area contributed by atoms with Crippen molar-refractivity contribution in [3.63, 3.8) is 0 Å². The Hall–Kier alpha value is -0.234. The van der Waals surface area contributed by atoms with Crippen LogP contribution in [0.15, 0.2) is 23.1 Å². The van der Waals surface area contributed by atoms with Crippen molar-refractivity contribution in [3.05, 3.63) is 29.3 Å². The van der Waals surface area contributed by atoms with Gasteiger partial charge in [-0.3, -0.25) is 4.55 Å². The van der Waals surface area contributed by atoms with Crippen LogP contribution in [0, 0.1) is 13.8 Å². The predicted molar refractivity (Wildman–Crippen MR) is 51.5 cm³/mol. The van der Waals surface area contributed by atoms with Crippen LogP contribution in [0.2, 0.25) is 0 Å². The Morgan fingerprint density at radius 3 is 2.08 bits per heavy atom. The normalized spacial score (nSPS) is 10.7. The first-order chi connectivity index (χ1) is 5.41. The molecular formula is C8H10GaO3S. The van der Waals surface area contributed by atoms with Gasteiger partial charge in [-0.1, -0.05) is 6.07 Å². The maximum Gasteiger partial charge on any atom is 0.294 e. The Labute approximate surface area is 91.0 Å². The standard InChI is InChI=1S/C8H10O3S.Ga/c1-6-3-4-8(5-7(6)2)12(9,10)11;/h3-5H,1-2H3,(H,9,10,11);. The molecule has 0 atom stereocenters. The van der Waals surface area contributed by atoms with Gasteiger partial charge in [0.2, 0.25) is 0 Å². The number of hydrogen-bond acceptors (Lipinski definition) is 2. The van der Waals surface area contributed by atoms with Crippen molar-refractivity contribution in [2.75, 3.05) is 0 Å². The van der Waals surface area contributed by atoms with Gasteiger partial charge in [-0.2, -0.15) is 8.42 Å². The molecule has 0 bridgehead atoms. The fourth-order valence-corrected chi connectivity index (χ4v) is 1.44. The molecule has 0 aromatic heterocycles. The van der Waals surface area contributed by atoms with Crippen LogP contribution in [-0.2, 0) is 10.1 Å². The van der Waals surface area contributed by atoms with Crippen LogP contribution in [0.3, 0.4) is 0 Å². The van der Waals surface area contributed by atoms with Crippen LogP contribution in [0.1, 0.15) is 11.1 Å². The summed E-state index contributed by atoms with van der Waals surface area (Å²) < 4.78 is 30.0. The maximum atomic E-state index is 10.7. The van der Waals surface area contributed by atoms with E-state index in [4.69, 9.17) is 4.55 Å². The minimum absolute atomic E-state index is 0. The molecule has 0 unspecified atom stereocenters. The van der Waals surface area contributed by atoms with E-state index < -0.39 is 10.1 Å². The average Bonchev–Trinajstić information content (AvgIpc) is 1.92. The van der Waals surface area contributed by atoms with E-state index in [1.807, 2.05) is 6.92 Å². The van der Waals surface area contributed by atoms with Gasteiger partial charge in [-0.25, -0.2) is 0 Å². The quantitative estimate of drug-likeness (QED) is 0.606. The Morgan fingerprint density at radius 1 is 1.15 bits per heavy atom. The third kappa shape index (κ3) is 3.19. The molecule has 0 saturated heterocycles. The minimum Gasteiger partial charge on any atom is -0.282 e. The van der Waals surface area contributed by atoms with Gasteiger partial charge in [0.1, 0.15) is 0 Å². The number of hydrogen-bond donors (Lipinski definition) is 1. The Kier molecular flexibility index (Phi) is 4.24. The molecule has 5 heteroatoms. The van der Waals surface area contributed by atoms with Crippen LogP contribution in [0.4, 0.5) is 0 Å². The molecule has 0 heterocycles. The summed E-state index contributed by atoms with van der Waals surface area (Å²) in [4.78, 5) is -0.0504. The SMILES string of the molecule is Cc1ccc(S(=O)(=O)O)cc1C.[Ga].